The zero-order valence-corrected chi connectivity index (χ0v) is 7.66. The first-order chi connectivity index (χ1) is 0. The Balaban J connectivity index is 0. The van der Waals surface area contributed by atoms with Crippen molar-refractivity contribution in [3.63, 3.8) is 0 Å². The van der Waals surface area contributed by atoms with Crippen molar-refractivity contribution in [1.29, 1.82) is 0 Å². The van der Waals surface area contributed by atoms with E-state index < -0.39 is 0 Å². The Hall–Kier alpha value is 1.05. The first-order valence-electron chi connectivity index (χ1n) is 0. The molecule has 0 N–H and O–H groups in total. The maximum atomic E-state index is 0. The minimum atomic E-state index is 0. The van der Waals surface area contributed by atoms with Gasteiger partial charge >= 0.3 is 31.1 Å². The predicted octanol–water partition coefficient (Wildman–Crippen LogP) is 1.35. The fourth-order valence-electron chi connectivity index (χ4n) is 0. The molecule has 0 aliphatic heterocycles. The fourth-order valence-corrected chi connectivity index (χ4v) is 0. The summed E-state index contributed by atoms with van der Waals surface area (Å²) < 4.78 is 0. The second kappa shape index (κ2) is 34.1. The second-order valence-electron chi connectivity index (χ2n) is 0. The van der Waals surface area contributed by atoms with Gasteiger partial charge in [0.1, 0.15) is 0 Å². The molecule has 0 amide bonds. The molecule has 0 nitrogen and oxygen atoms in total. The van der Waals surface area contributed by atoms with Gasteiger partial charge in [-0.05, 0) is 0 Å². The molecule has 0 aliphatic rings. The molecule has 0 heterocycles. The Labute approximate surface area is 53.4 Å². The Bertz CT molecular complexity index is 3.25. The van der Waals surface area contributed by atoms with Gasteiger partial charge in [-0.3, -0.25) is 0 Å². The normalized spacial score (nSPS) is 0. The molecular formula is C3H9U. The van der Waals surface area contributed by atoms with Crippen molar-refractivity contribution < 1.29 is 31.1 Å². The molecule has 0 rings (SSSR count). The van der Waals surface area contributed by atoms with Gasteiger partial charge < -0.3 is 22.3 Å². The van der Waals surface area contributed by atoms with Gasteiger partial charge in [-0.15, -0.1) is 0 Å². The van der Waals surface area contributed by atoms with Gasteiger partial charge in [-0.25, -0.2) is 0 Å². The van der Waals surface area contributed by atoms with Crippen LogP contribution in [0.3, 0.4) is 0 Å². The van der Waals surface area contributed by atoms with Crippen LogP contribution in [0.15, 0.2) is 0 Å². The molecule has 1 radical (unpaired) electrons. The van der Waals surface area contributed by atoms with E-state index in [2.05, 4.69) is 0 Å². The zero-order valence-electron chi connectivity index (χ0n) is 3.50. The first-order valence-corrected chi connectivity index (χ1v) is 0. The third kappa shape index (κ3) is 11.6. The average molecular weight is 283 g/mol. The van der Waals surface area contributed by atoms with Crippen molar-refractivity contribution in [3.8, 4) is 0 Å². The van der Waals surface area contributed by atoms with Crippen LogP contribution in [0.1, 0.15) is 0 Å². The quantitative estimate of drug-likeness (QED) is 0.589. The van der Waals surface area contributed by atoms with Crippen LogP contribution >= 0.6 is 0 Å². The SMILES string of the molecule is [CH3-].[CH3-].[CH3-].[U+3]. The minimum absolute atomic E-state index is 0. The molecule has 0 saturated carbocycles. The van der Waals surface area contributed by atoms with Crippen LogP contribution in [-0.2, 0) is 0 Å². The summed E-state index contributed by atoms with van der Waals surface area (Å²) in [5, 5.41) is 0. The van der Waals surface area contributed by atoms with E-state index in [1.807, 2.05) is 0 Å². The van der Waals surface area contributed by atoms with Crippen LogP contribution < -0.4 is 0 Å². The fraction of sp³-hybridized carbons (Fsp3) is 0. The summed E-state index contributed by atoms with van der Waals surface area (Å²) in [5.74, 6) is 0. The van der Waals surface area contributed by atoms with Crippen LogP contribution in [0.5, 0.6) is 0 Å². The number of hydrogen-bond acceptors (Lipinski definition) is 0. The summed E-state index contributed by atoms with van der Waals surface area (Å²) in [6.45, 7) is 0. The molecule has 0 aliphatic carbocycles. The smallest absolute Gasteiger partial charge is 0.358 e. The second-order valence-corrected chi connectivity index (χ2v) is 0. The van der Waals surface area contributed by atoms with Crippen LogP contribution in [0.2, 0.25) is 0 Å². The summed E-state index contributed by atoms with van der Waals surface area (Å²) >= 11 is 0. The largest absolute Gasteiger partial charge is 3.00 e. The van der Waals surface area contributed by atoms with Crippen LogP contribution in [-0.4, -0.2) is 0 Å². The van der Waals surface area contributed by atoms with E-state index >= 15 is 0 Å². The molecule has 0 aromatic carbocycles. The maximum Gasteiger partial charge on any atom is 3.00 e. The average Bonchev–Trinajstić information content (AvgIpc) is 0. The summed E-state index contributed by atoms with van der Waals surface area (Å²) in [6.07, 6.45) is 0. The van der Waals surface area contributed by atoms with E-state index in [-0.39, 0.29) is 53.4 Å². The van der Waals surface area contributed by atoms with Crippen molar-refractivity contribution in [1.82, 2.24) is 0 Å². The van der Waals surface area contributed by atoms with Crippen LogP contribution in [0, 0.1) is 53.4 Å². The summed E-state index contributed by atoms with van der Waals surface area (Å²) in [6, 6.07) is 0. The minimum Gasteiger partial charge on any atom is -0.358 e. The molecule has 0 unspecified atom stereocenters. The zero-order chi connectivity index (χ0) is 0. The number of hydrogen-bond donors (Lipinski definition) is 0. The summed E-state index contributed by atoms with van der Waals surface area (Å²) in [4.78, 5) is 0. The van der Waals surface area contributed by atoms with Gasteiger partial charge in [0.2, 0.25) is 0 Å². The molecule has 0 atom stereocenters. The number of rotatable bonds is 0. The standard InChI is InChI=1S/3CH3.U/h3*1H3;/q3*-1;+3. The molecular weight excluding hydrogens is 274 g/mol. The van der Waals surface area contributed by atoms with E-state index in [0.717, 1.165) is 0 Å². The van der Waals surface area contributed by atoms with Gasteiger partial charge in [0.15, 0.2) is 0 Å². The molecule has 0 bridgehead atoms. The van der Waals surface area contributed by atoms with Gasteiger partial charge in [-0.2, -0.15) is 0 Å². The van der Waals surface area contributed by atoms with E-state index in [1.165, 1.54) is 0 Å². The van der Waals surface area contributed by atoms with Gasteiger partial charge in [-0.1, -0.05) is 0 Å². The van der Waals surface area contributed by atoms with Crippen molar-refractivity contribution in [2.75, 3.05) is 0 Å². The molecule has 25 valence electrons. The molecule has 0 spiro atoms. The van der Waals surface area contributed by atoms with Crippen LogP contribution in [0.25, 0.3) is 0 Å². The Morgan fingerprint density at radius 2 is 0.500 bits per heavy atom. The van der Waals surface area contributed by atoms with E-state index in [9.17, 15) is 0 Å². The summed E-state index contributed by atoms with van der Waals surface area (Å²) in [7, 11) is 0. The first kappa shape index (κ1) is 75.0. The molecule has 1 heteroatoms. The third-order valence-electron chi connectivity index (χ3n) is 0. The van der Waals surface area contributed by atoms with Crippen molar-refractivity contribution >= 4 is 0 Å². The van der Waals surface area contributed by atoms with Gasteiger partial charge in [0.05, 0.1) is 0 Å². The monoisotopic (exact) mass is 283 g/mol. The van der Waals surface area contributed by atoms with E-state index in [0.29, 0.717) is 0 Å². The van der Waals surface area contributed by atoms with Crippen LogP contribution in [0.4, 0.5) is 0 Å². The van der Waals surface area contributed by atoms with E-state index in [1.54, 1.807) is 0 Å². The van der Waals surface area contributed by atoms with Gasteiger partial charge in [0.25, 0.3) is 0 Å². The molecule has 0 aromatic heterocycles. The van der Waals surface area contributed by atoms with Crippen molar-refractivity contribution in [2.45, 2.75) is 0 Å². The molecule has 0 saturated heterocycles. The predicted molar refractivity (Wildman–Crippen MR) is 19.2 cm³/mol. The third-order valence-corrected chi connectivity index (χ3v) is 0. The topological polar surface area (TPSA) is 0 Å². The molecule has 0 aromatic rings. The molecule has 0 fully saturated rings. The Morgan fingerprint density at radius 1 is 0.500 bits per heavy atom. The van der Waals surface area contributed by atoms with Crippen molar-refractivity contribution in [2.24, 2.45) is 0 Å². The molecule has 4 heavy (non-hydrogen) atoms. The van der Waals surface area contributed by atoms with Gasteiger partial charge in [0, 0.05) is 0 Å². The Morgan fingerprint density at radius 3 is 0.500 bits per heavy atom. The maximum absolute atomic E-state index is 0. The Kier molecular flexibility index (Phi) is 639. The van der Waals surface area contributed by atoms with E-state index in [4.69, 9.17) is 0 Å². The summed E-state index contributed by atoms with van der Waals surface area (Å²) in [5.41, 5.74) is 0. The van der Waals surface area contributed by atoms with Crippen molar-refractivity contribution in [3.05, 3.63) is 22.3 Å².